The Kier molecular flexibility index (Phi) is 3.82. The fraction of sp³-hybridized carbons (Fsp3) is 0.364. The van der Waals surface area contributed by atoms with Gasteiger partial charge in [-0.25, -0.2) is 10.9 Å². The number of amides is 1. The zero-order valence-corrected chi connectivity index (χ0v) is 9.93. The van der Waals surface area contributed by atoms with Crippen molar-refractivity contribution >= 4 is 17.7 Å². The highest BCUT2D eigenvalue weighted by atomic mass is 32.2. The number of aryl methyl sites for hydroxylation is 1. The Hall–Kier alpha value is -1.04. The van der Waals surface area contributed by atoms with Gasteiger partial charge in [0.05, 0.1) is 6.54 Å². The summed E-state index contributed by atoms with van der Waals surface area (Å²) in [6.07, 6.45) is 0. The lowest BCUT2D eigenvalue weighted by Gasteiger charge is -2.24. The largest absolute Gasteiger partial charge is 0.330 e. The lowest BCUT2D eigenvalue weighted by atomic mass is 10.2. The van der Waals surface area contributed by atoms with Crippen molar-refractivity contribution in [2.45, 2.75) is 18.2 Å². The molecule has 0 aromatic heterocycles. The van der Waals surface area contributed by atoms with E-state index in [4.69, 9.17) is 0 Å². The molecule has 1 aliphatic heterocycles. The summed E-state index contributed by atoms with van der Waals surface area (Å²) in [6.45, 7) is 2.41. The average molecular weight is 237 g/mol. The van der Waals surface area contributed by atoms with Crippen LogP contribution in [0.4, 0.5) is 0 Å². The van der Waals surface area contributed by atoms with Crippen molar-refractivity contribution in [2.24, 2.45) is 0 Å². The Morgan fingerprint density at radius 2 is 2.12 bits per heavy atom. The van der Waals surface area contributed by atoms with Gasteiger partial charge in [0.2, 0.25) is 5.91 Å². The van der Waals surface area contributed by atoms with E-state index in [1.54, 1.807) is 11.8 Å². The maximum Gasteiger partial charge on any atom is 0.237 e. The van der Waals surface area contributed by atoms with Gasteiger partial charge in [0.25, 0.3) is 0 Å². The number of nitrogens with one attached hydrogen (secondary N) is 3. The summed E-state index contributed by atoms with van der Waals surface area (Å²) in [5.74, 6) is 0.903. The third kappa shape index (κ3) is 3.23. The minimum Gasteiger partial charge on any atom is -0.330 e. The quantitative estimate of drug-likeness (QED) is 0.725. The number of rotatable bonds is 3. The molecule has 1 heterocycles. The van der Waals surface area contributed by atoms with Gasteiger partial charge >= 0.3 is 0 Å². The lowest BCUT2D eigenvalue weighted by Crippen LogP contribution is -2.58. The molecule has 0 spiro atoms. The molecule has 1 unspecified atom stereocenters. The van der Waals surface area contributed by atoms with Gasteiger partial charge in [0.1, 0.15) is 5.50 Å². The second-order valence-corrected chi connectivity index (χ2v) is 4.84. The molecule has 1 amide bonds. The first-order valence-corrected chi connectivity index (χ1v) is 6.24. The number of thioether (sulfide) groups is 1. The number of hydrogen-bond donors (Lipinski definition) is 3. The molecular formula is C11H15N3OS. The summed E-state index contributed by atoms with van der Waals surface area (Å²) in [5.41, 5.74) is 8.33. The van der Waals surface area contributed by atoms with Crippen LogP contribution in [0.5, 0.6) is 0 Å². The van der Waals surface area contributed by atoms with Crippen molar-refractivity contribution in [2.75, 3.05) is 6.54 Å². The molecule has 1 fully saturated rings. The first-order valence-electron chi connectivity index (χ1n) is 5.19. The number of hydrogen-bond acceptors (Lipinski definition) is 4. The van der Waals surface area contributed by atoms with Gasteiger partial charge in [-0.3, -0.25) is 4.79 Å². The third-order valence-electron chi connectivity index (χ3n) is 2.31. The van der Waals surface area contributed by atoms with E-state index in [0.29, 0.717) is 6.54 Å². The van der Waals surface area contributed by atoms with Crippen molar-refractivity contribution in [3.8, 4) is 0 Å². The van der Waals surface area contributed by atoms with Crippen LogP contribution in [0.3, 0.4) is 0 Å². The molecule has 0 saturated carbocycles. The maximum atomic E-state index is 11.1. The van der Waals surface area contributed by atoms with E-state index in [1.165, 1.54) is 11.1 Å². The summed E-state index contributed by atoms with van der Waals surface area (Å²) in [7, 11) is 0. The molecule has 0 bridgehead atoms. The molecule has 1 saturated heterocycles. The molecule has 1 aliphatic rings. The van der Waals surface area contributed by atoms with Gasteiger partial charge in [-0.15, -0.1) is 11.8 Å². The minimum absolute atomic E-state index is 0.0279. The highest BCUT2D eigenvalue weighted by molar-refractivity contribution is 7.99. The van der Waals surface area contributed by atoms with E-state index in [2.05, 4.69) is 47.4 Å². The topological polar surface area (TPSA) is 53.2 Å². The van der Waals surface area contributed by atoms with Crippen LogP contribution in [0.2, 0.25) is 0 Å². The molecule has 1 aromatic rings. The van der Waals surface area contributed by atoms with Gasteiger partial charge in [0.15, 0.2) is 0 Å². The summed E-state index contributed by atoms with van der Waals surface area (Å²) >= 11 is 1.65. The van der Waals surface area contributed by atoms with E-state index >= 15 is 0 Å². The van der Waals surface area contributed by atoms with Crippen LogP contribution in [0.25, 0.3) is 0 Å². The predicted molar refractivity (Wildman–Crippen MR) is 65.5 cm³/mol. The zero-order chi connectivity index (χ0) is 11.4. The molecule has 86 valence electrons. The fourth-order valence-electron chi connectivity index (χ4n) is 1.40. The second kappa shape index (κ2) is 5.34. The first kappa shape index (κ1) is 11.4. The number of hydrazine groups is 1. The minimum atomic E-state index is -0.0532. The second-order valence-electron chi connectivity index (χ2n) is 3.74. The van der Waals surface area contributed by atoms with Crippen molar-refractivity contribution in [3.05, 3.63) is 35.4 Å². The summed E-state index contributed by atoms with van der Waals surface area (Å²) in [6, 6.07) is 8.42. The van der Waals surface area contributed by atoms with Crippen LogP contribution >= 0.6 is 11.8 Å². The Morgan fingerprint density at radius 1 is 1.38 bits per heavy atom. The van der Waals surface area contributed by atoms with Gasteiger partial charge in [-0.1, -0.05) is 29.8 Å². The summed E-state index contributed by atoms with van der Waals surface area (Å²) in [5, 5.41) is 2.85. The Balaban J connectivity index is 1.82. The zero-order valence-electron chi connectivity index (χ0n) is 9.12. The predicted octanol–water partition coefficient (Wildman–Crippen LogP) is 0.736. The third-order valence-corrected chi connectivity index (χ3v) is 3.38. The first-order chi connectivity index (χ1) is 7.74. The Labute approximate surface area is 99.2 Å². The van der Waals surface area contributed by atoms with Gasteiger partial charge in [0, 0.05) is 5.75 Å². The molecule has 0 aliphatic carbocycles. The fourth-order valence-corrected chi connectivity index (χ4v) is 2.34. The molecule has 0 radical (unpaired) electrons. The molecule has 4 nitrogen and oxygen atoms in total. The summed E-state index contributed by atoms with van der Waals surface area (Å²) in [4.78, 5) is 11.1. The van der Waals surface area contributed by atoms with Crippen LogP contribution < -0.4 is 16.2 Å². The monoisotopic (exact) mass is 237 g/mol. The smallest absolute Gasteiger partial charge is 0.237 e. The molecular weight excluding hydrogens is 222 g/mol. The normalized spacial score (nSPS) is 20.6. The van der Waals surface area contributed by atoms with Crippen molar-refractivity contribution in [1.29, 1.82) is 0 Å². The van der Waals surface area contributed by atoms with E-state index in [-0.39, 0.29) is 11.4 Å². The van der Waals surface area contributed by atoms with Gasteiger partial charge in [-0.2, -0.15) is 0 Å². The van der Waals surface area contributed by atoms with Crippen molar-refractivity contribution in [1.82, 2.24) is 16.2 Å². The maximum absolute atomic E-state index is 11.1. The lowest BCUT2D eigenvalue weighted by molar-refractivity contribution is -0.122. The molecule has 2 rings (SSSR count). The van der Waals surface area contributed by atoms with Crippen LogP contribution in [0, 0.1) is 6.92 Å². The average Bonchev–Trinajstić information content (AvgIpc) is 2.28. The molecule has 1 aromatic carbocycles. The van der Waals surface area contributed by atoms with E-state index in [0.717, 1.165) is 5.75 Å². The van der Waals surface area contributed by atoms with Gasteiger partial charge < -0.3 is 5.32 Å². The van der Waals surface area contributed by atoms with Gasteiger partial charge in [-0.05, 0) is 12.5 Å². The van der Waals surface area contributed by atoms with E-state index in [1.807, 2.05) is 0 Å². The molecule has 16 heavy (non-hydrogen) atoms. The van der Waals surface area contributed by atoms with Crippen LogP contribution in [-0.2, 0) is 10.5 Å². The summed E-state index contributed by atoms with van der Waals surface area (Å²) < 4.78 is 0. The Morgan fingerprint density at radius 3 is 2.81 bits per heavy atom. The standard InChI is InChI=1S/C11H15N3OS/c1-8-2-4-9(5-3-8)7-16-11-13-10(15)6-12-14-11/h2-5,11-12,14H,6-7H2,1H3,(H,13,15). The van der Waals surface area contributed by atoms with E-state index < -0.39 is 0 Å². The highest BCUT2D eigenvalue weighted by Gasteiger charge is 2.16. The van der Waals surface area contributed by atoms with Crippen molar-refractivity contribution in [3.63, 3.8) is 0 Å². The highest BCUT2D eigenvalue weighted by Crippen LogP contribution is 2.15. The van der Waals surface area contributed by atoms with Crippen LogP contribution in [0.15, 0.2) is 24.3 Å². The molecule has 3 N–H and O–H groups in total. The van der Waals surface area contributed by atoms with Crippen LogP contribution in [0.1, 0.15) is 11.1 Å². The number of benzene rings is 1. The number of carbonyl (C=O) groups is 1. The molecule has 5 heteroatoms. The van der Waals surface area contributed by atoms with E-state index in [9.17, 15) is 4.79 Å². The SMILES string of the molecule is Cc1ccc(CSC2NNCC(=O)N2)cc1. The van der Waals surface area contributed by atoms with Crippen molar-refractivity contribution < 1.29 is 4.79 Å². The molecule has 1 atom stereocenters. The number of carbonyl (C=O) groups excluding carboxylic acids is 1. The Bertz CT molecular complexity index is 366. The van der Waals surface area contributed by atoms with Crippen LogP contribution in [-0.4, -0.2) is 17.9 Å².